The van der Waals surface area contributed by atoms with Crippen LogP contribution in [-0.2, 0) is 20.7 Å². The van der Waals surface area contributed by atoms with E-state index in [1.807, 2.05) is 42.5 Å². The molecule has 1 aliphatic heterocycles. The third-order valence-corrected chi connectivity index (χ3v) is 4.25. The largest absolute Gasteiger partial charge is 0.378 e. The molecule has 2 aromatic carbocycles. The summed E-state index contributed by atoms with van der Waals surface area (Å²) in [6.07, 6.45) is 0.269. The summed E-state index contributed by atoms with van der Waals surface area (Å²) in [7, 11) is 0. The standard InChI is InChI=1S/C19H22N2O3/c1-14(19(23)21-8-10-24-11-9-21)20-18(22)13-15-6-7-16-4-2-3-5-17(16)12-15/h2-7,12,14H,8-11,13H2,1H3,(H,20,22). The van der Waals surface area contributed by atoms with E-state index in [2.05, 4.69) is 5.32 Å². The van der Waals surface area contributed by atoms with Crippen molar-refractivity contribution >= 4 is 22.6 Å². The maximum Gasteiger partial charge on any atom is 0.245 e. The number of benzene rings is 2. The molecule has 0 aliphatic carbocycles. The minimum absolute atomic E-state index is 0.0508. The van der Waals surface area contributed by atoms with Crippen LogP contribution in [0.5, 0.6) is 0 Å². The van der Waals surface area contributed by atoms with Crippen LogP contribution in [0.3, 0.4) is 0 Å². The van der Waals surface area contributed by atoms with Crippen molar-refractivity contribution in [3.05, 3.63) is 48.0 Å². The number of morpholine rings is 1. The second kappa shape index (κ2) is 7.45. The molecule has 0 spiro atoms. The smallest absolute Gasteiger partial charge is 0.245 e. The van der Waals surface area contributed by atoms with Gasteiger partial charge >= 0.3 is 0 Å². The number of nitrogens with zero attached hydrogens (tertiary/aromatic N) is 1. The first-order valence-electron chi connectivity index (χ1n) is 8.27. The first-order chi connectivity index (χ1) is 11.6. The summed E-state index contributed by atoms with van der Waals surface area (Å²) in [5.74, 6) is -0.190. The van der Waals surface area contributed by atoms with Crippen molar-refractivity contribution in [2.75, 3.05) is 26.3 Å². The van der Waals surface area contributed by atoms with Crippen LogP contribution in [-0.4, -0.2) is 49.1 Å². The number of hydrogen-bond donors (Lipinski definition) is 1. The van der Waals surface area contributed by atoms with Gasteiger partial charge in [0.15, 0.2) is 0 Å². The Morgan fingerprint density at radius 2 is 1.83 bits per heavy atom. The molecule has 1 heterocycles. The topological polar surface area (TPSA) is 58.6 Å². The van der Waals surface area contributed by atoms with Crippen molar-refractivity contribution in [1.29, 1.82) is 0 Å². The molecule has 5 nitrogen and oxygen atoms in total. The zero-order valence-electron chi connectivity index (χ0n) is 13.8. The Hall–Kier alpha value is -2.40. The molecule has 24 heavy (non-hydrogen) atoms. The SMILES string of the molecule is CC(NC(=O)Cc1ccc2ccccc2c1)C(=O)N1CCOCC1. The first-order valence-corrected chi connectivity index (χ1v) is 8.27. The average molecular weight is 326 g/mol. The number of amides is 2. The number of carbonyl (C=O) groups excluding carboxylic acids is 2. The van der Waals surface area contributed by atoms with Gasteiger partial charge in [-0.25, -0.2) is 0 Å². The molecular weight excluding hydrogens is 304 g/mol. The van der Waals surface area contributed by atoms with Gasteiger partial charge in [-0.15, -0.1) is 0 Å². The summed E-state index contributed by atoms with van der Waals surface area (Å²) in [5.41, 5.74) is 0.942. The molecule has 1 fully saturated rings. The van der Waals surface area contributed by atoms with Gasteiger partial charge in [-0.2, -0.15) is 0 Å². The minimum atomic E-state index is -0.518. The molecule has 1 N–H and O–H groups in total. The maximum atomic E-state index is 12.3. The number of nitrogens with one attached hydrogen (secondary N) is 1. The Morgan fingerprint density at radius 3 is 2.58 bits per heavy atom. The molecule has 0 bridgehead atoms. The molecule has 0 radical (unpaired) electrons. The van der Waals surface area contributed by atoms with E-state index < -0.39 is 6.04 Å². The summed E-state index contributed by atoms with van der Waals surface area (Å²) in [5, 5.41) is 5.06. The van der Waals surface area contributed by atoms with Crippen molar-refractivity contribution < 1.29 is 14.3 Å². The third-order valence-electron chi connectivity index (χ3n) is 4.25. The Kier molecular flexibility index (Phi) is 5.11. The molecule has 2 aromatic rings. The van der Waals surface area contributed by atoms with Gasteiger partial charge in [0.2, 0.25) is 11.8 Å². The van der Waals surface area contributed by atoms with E-state index >= 15 is 0 Å². The van der Waals surface area contributed by atoms with Crippen molar-refractivity contribution in [2.45, 2.75) is 19.4 Å². The lowest BCUT2D eigenvalue weighted by atomic mass is 10.0. The second-order valence-corrected chi connectivity index (χ2v) is 6.09. The predicted molar refractivity (Wildman–Crippen MR) is 92.7 cm³/mol. The lowest BCUT2D eigenvalue weighted by Crippen LogP contribution is -2.50. The Morgan fingerprint density at radius 1 is 1.12 bits per heavy atom. The number of rotatable bonds is 4. The highest BCUT2D eigenvalue weighted by Gasteiger charge is 2.23. The van der Waals surface area contributed by atoms with Crippen molar-refractivity contribution in [3.63, 3.8) is 0 Å². The van der Waals surface area contributed by atoms with Crippen LogP contribution in [0.1, 0.15) is 12.5 Å². The Balaban J connectivity index is 1.58. The van der Waals surface area contributed by atoms with Crippen LogP contribution in [0.4, 0.5) is 0 Å². The lowest BCUT2D eigenvalue weighted by molar-refractivity contribution is -0.139. The fraction of sp³-hybridized carbons (Fsp3) is 0.368. The number of ether oxygens (including phenoxy) is 1. The quantitative estimate of drug-likeness (QED) is 0.931. The summed E-state index contributed by atoms with van der Waals surface area (Å²) >= 11 is 0. The molecule has 126 valence electrons. The molecule has 0 aromatic heterocycles. The van der Waals surface area contributed by atoms with E-state index in [9.17, 15) is 9.59 Å². The fourth-order valence-electron chi connectivity index (χ4n) is 2.95. The van der Waals surface area contributed by atoms with E-state index in [0.29, 0.717) is 26.3 Å². The summed E-state index contributed by atoms with van der Waals surface area (Å²) < 4.78 is 5.24. The van der Waals surface area contributed by atoms with Crippen molar-refractivity contribution in [3.8, 4) is 0 Å². The highest BCUT2D eigenvalue weighted by molar-refractivity contribution is 5.89. The summed E-state index contributed by atoms with van der Waals surface area (Å²) in [6.45, 7) is 4.02. The van der Waals surface area contributed by atoms with Crippen LogP contribution < -0.4 is 5.32 Å². The summed E-state index contributed by atoms with van der Waals surface area (Å²) in [4.78, 5) is 26.3. The second-order valence-electron chi connectivity index (χ2n) is 6.09. The molecule has 1 atom stereocenters. The molecule has 1 unspecified atom stereocenters. The van der Waals surface area contributed by atoms with Crippen molar-refractivity contribution in [2.24, 2.45) is 0 Å². The van der Waals surface area contributed by atoms with Gasteiger partial charge in [0, 0.05) is 13.1 Å². The average Bonchev–Trinajstić information content (AvgIpc) is 2.61. The van der Waals surface area contributed by atoms with Crippen LogP contribution in [0.2, 0.25) is 0 Å². The number of fused-ring (bicyclic) bond motifs is 1. The number of carbonyl (C=O) groups is 2. The molecule has 0 saturated carbocycles. The van der Waals surface area contributed by atoms with Gasteiger partial charge in [0.1, 0.15) is 6.04 Å². The van der Waals surface area contributed by atoms with Gasteiger partial charge in [-0.05, 0) is 23.3 Å². The monoisotopic (exact) mass is 326 g/mol. The van der Waals surface area contributed by atoms with Gasteiger partial charge in [-0.1, -0.05) is 42.5 Å². The maximum absolute atomic E-state index is 12.3. The normalized spacial score (nSPS) is 16.0. The van der Waals surface area contributed by atoms with Crippen LogP contribution in [0, 0.1) is 0 Å². The zero-order valence-corrected chi connectivity index (χ0v) is 13.8. The van der Waals surface area contributed by atoms with E-state index in [0.717, 1.165) is 16.3 Å². The van der Waals surface area contributed by atoms with Crippen LogP contribution >= 0.6 is 0 Å². The third kappa shape index (κ3) is 3.92. The highest BCUT2D eigenvalue weighted by atomic mass is 16.5. The molecule has 3 rings (SSSR count). The van der Waals surface area contributed by atoms with Crippen LogP contribution in [0.15, 0.2) is 42.5 Å². The summed E-state index contributed by atoms with van der Waals surface area (Å²) in [6, 6.07) is 13.5. The van der Waals surface area contributed by atoms with Gasteiger partial charge in [-0.3, -0.25) is 9.59 Å². The molecular formula is C19H22N2O3. The van der Waals surface area contributed by atoms with E-state index in [-0.39, 0.29) is 18.2 Å². The minimum Gasteiger partial charge on any atom is -0.378 e. The van der Waals surface area contributed by atoms with E-state index in [1.54, 1.807) is 11.8 Å². The van der Waals surface area contributed by atoms with Crippen LogP contribution in [0.25, 0.3) is 10.8 Å². The first kappa shape index (κ1) is 16.5. The lowest BCUT2D eigenvalue weighted by Gasteiger charge is -2.29. The Labute approximate surface area is 141 Å². The predicted octanol–water partition coefficient (Wildman–Crippen LogP) is 1.75. The van der Waals surface area contributed by atoms with E-state index in [1.165, 1.54) is 0 Å². The molecule has 5 heteroatoms. The molecule has 1 saturated heterocycles. The molecule has 2 amide bonds. The highest BCUT2D eigenvalue weighted by Crippen LogP contribution is 2.16. The number of hydrogen-bond acceptors (Lipinski definition) is 3. The zero-order chi connectivity index (χ0) is 16.9. The molecule has 1 aliphatic rings. The van der Waals surface area contributed by atoms with E-state index in [4.69, 9.17) is 4.74 Å². The van der Waals surface area contributed by atoms with Gasteiger partial charge < -0.3 is 15.0 Å². The Bertz CT molecular complexity index is 738. The fourth-order valence-corrected chi connectivity index (χ4v) is 2.95. The van der Waals surface area contributed by atoms with Gasteiger partial charge in [0.25, 0.3) is 0 Å². The van der Waals surface area contributed by atoms with Gasteiger partial charge in [0.05, 0.1) is 19.6 Å². The van der Waals surface area contributed by atoms with Crippen molar-refractivity contribution in [1.82, 2.24) is 10.2 Å².